The van der Waals surface area contributed by atoms with Crippen molar-refractivity contribution in [3.8, 4) is 5.75 Å². The molecule has 0 bridgehead atoms. The van der Waals surface area contributed by atoms with Crippen molar-refractivity contribution in [1.82, 2.24) is 0 Å². The Labute approximate surface area is 159 Å². The van der Waals surface area contributed by atoms with E-state index in [9.17, 15) is 14.6 Å². The third-order valence-corrected chi connectivity index (χ3v) is 4.58. The zero-order valence-corrected chi connectivity index (χ0v) is 15.6. The van der Waals surface area contributed by atoms with Crippen molar-refractivity contribution in [3.63, 3.8) is 0 Å². The van der Waals surface area contributed by atoms with Crippen LogP contribution in [0.3, 0.4) is 0 Å². The van der Waals surface area contributed by atoms with Gasteiger partial charge in [-0.25, -0.2) is 4.39 Å². The predicted octanol–water partition coefficient (Wildman–Crippen LogP) is 2.61. The maximum Gasteiger partial charge on any atom is 0.126 e. The third kappa shape index (κ3) is 5.74. The number of ether oxygens (including phenoxy) is 2. The van der Waals surface area contributed by atoms with Gasteiger partial charge >= 0.3 is 0 Å². The van der Waals surface area contributed by atoms with Gasteiger partial charge in [0.25, 0.3) is 0 Å². The molecule has 27 heavy (non-hydrogen) atoms. The Kier molecular flexibility index (Phi) is 8.19. The van der Waals surface area contributed by atoms with Gasteiger partial charge in [0.05, 0.1) is 32.0 Å². The molecular formula is C21H27FO5. The maximum absolute atomic E-state index is 14.2. The van der Waals surface area contributed by atoms with Crippen LogP contribution >= 0.6 is 0 Å². The van der Waals surface area contributed by atoms with Gasteiger partial charge in [0.1, 0.15) is 11.6 Å². The minimum atomic E-state index is -0.522. The van der Waals surface area contributed by atoms with Crippen molar-refractivity contribution in [2.24, 2.45) is 0 Å². The van der Waals surface area contributed by atoms with E-state index in [1.807, 2.05) is 24.3 Å². The van der Waals surface area contributed by atoms with E-state index < -0.39 is 6.10 Å². The smallest absolute Gasteiger partial charge is 0.126 e. The van der Waals surface area contributed by atoms with Crippen LogP contribution in [0.2, 0.25) is 0 Å². The zero-order chi connectivity index (χ0) is 19.8. The number of aliphatic hydroxyl groups excluding tert-OH is 3. The van der Waals surface area contributed by atoms with Crippen molar-refractivity contribution in [2.75, 3.05) is 20.8 Å². The average Bonchev–Trinajstić information content (AvgIpc) is 2.71. The summed E-state index contributed by atoms with van der Waals surface area (Å²) in [6.07, 6.45) is 0.0882. The van der Waals surface area contributed by atoms with Gasteiger partial charge < -0.3 is 24.8 Å². The fraction of sp³-hybridized carbons (Fsp3) is 0.429. The van der Waals surface area contributed by atoms with Gasteiger partial charge in [-0.05, 0) is 41.0 Å². The molecule has 2 aromatic carbocycles. The molecule has 6 heteroatoms. The van der Waals surface area contributed by atoms with E-state index in [2.05, 4.69) is 0 Å². The first-order valence-corrected chi connectivity index (χ1v) is 8.89. The van der Waals surface area contributed by atoms with Crippen molar-refractivity contribution in [2.45, 2.75) is 37.6 Å². The fourth-order valence-corrected chi connectivity index (χ4v) is 3.22. The van der Waals surface area contributed by atoms with E-state index in [1.165, 1.54) is 6.07 Å². The van der Waals surface area contributed by atoms with Crippen LogP contribution < -0.4 is 4.74 Å². The summed E-state index contributed by atoms with van der Waals surface area (Å²) in [4.78, 5) is 0. The molecule has 1 aliphatic rings. The van der Waals surface area contributed by atoms with E-state index in [1.54, 1.807) is 19.2 Å². The lowest BCUT2D eigenvalue weighted by atomic mass is 9.94. The minimum absolute atomic E-state index is 0.131. The van der Waals surface area contributed by atoms with Crippen LogP contribution in [0.5, 0.6) is 5.75 Å². The van der Waals surface area contributed by atoms with Crippen LogP contribution in [-0.2, 0) is 11.2 Å². The molecule has 0 radical (unpaired) electrons. The molecule has 3 rings (SSSR count). The minimum Gasteiger partial charge on any atom is -0.497 e. The molecule has 5 nitrogen and oxygen atoms in total. The summed E-state index contributed by atoms with van der Waals surface area (Å²) in [7, 11) is 2.61. The number of hydrogen-bond donors (Lipinski definition) is 3. The second-order valence-electron chi connectivity index (χ2n) is 6.43. The zero-order valence-electron chi connectivity index (χ0n) is 15.6. The Morgan fingerprint density at radius 1 is 1.11 bits per heavy atom. The van der Waals surface area contributed by atoms with Gasteiger partial charge in [-0.2, -0.15) is 0 Å². The van der Waals surface area contributed by atoms with Gasteiger partial charge in [0, 0.05) is 26.4 Å². The van der Waals surface area contributed by atoms with E-state index in [4.69, 9.17) is 14.6 Å². The summed E-state index contributed by atoms with van der Waals surface area (Å²) in [5, 5.41) is 26.3. The first-order chi connectivity index (χ1) is 13.1. The van der Waals surface area contributed by atoms with Crippen molar-refractivity contribution in [3.05, 3.63) is 65.0 Å². The summed E-state index contributed by atoms with van der Waals surface area (Å²) in [5.41, 5.74) is 2.38. The monoisotopic (exact) mass is 378 g/mol. The third-order valence-electron chi connectivity index (χ3n) is 4.58. The highest BCUT2D eigenvalue weighted by atomic mass is 19.1. The highest BCUT2D eigenvalue weighted by Crippen LogP contribution is 2.32. The summed E-state index contributed by atoms with van der Waals surface area (Å²) < 4.78 is 25.2. The number of methoxy groups -OCH3 is 1. The second kappa shape index (κ2) is 10.4. The summed E-state index contributed by atoms with van der Waals surface area (Å²) in [5.74, 6) is 0.493. The number of benzene rings is 2. The fourth-order valence-electron chi connectivity index (χ4n) is 3.22. The van der Waals surface area contributed by atoms with Crippen LogP contribution in [-0.4, -0.2) is 48.4 Å². The molecule has 0 spiro atoms. The lowest BCUT2D eigenvalue weighted by Gasteiger charge is -2.32. The molecule has 1 heterocycles. The lowest BCUT2D eigenvalue weighted by molar-refractivity contribution is -0.113. The average molecular weight is 378 g/mol. The molecule has 1 fully saturated rings. The molecule has 3 atom stereocenters. The highest BCUT2D eigenvalue weighted by Gasteiger charge is 2.29. The van der Waals surface area contributed by atoms with Crippen molar-refractivity contribution in [1.29, 1.82) is 0 Å². The highest BCUT2D eigenvalue weighted by molar-refractivity contribution is 5.34. The van der Waals surface area contributed by atoms with Crippen LogP contribution in [0.1, 0.15) is 35.6 Å². The van der Waals surface area contributed by atoms with Gasteiger partial charge in [-0.15, -0.1) is 0 Å². The largest absolute Gasteiger partial charge is 0.497 e. The quantitative estimate of drug-likeness (QED) is 0.745. The van der Waals surface area contributed by atoms with Crippen LogP contribution in [0, 0.1) is 5.82 Å². The first kappa shape index (κ1) is 21.3. The standard InChI is InChI=1S/C20H23FO4.CH4O/c1-24-17-5-2-13(3-6-17)8-15-9-14(4-7-19(15)21)20-11-16(23)10-18(12-22)25-20;1-2/h2-7,9,16,18,20,22-23H,8,10-12H2,1H3;2H,1H3. The van der Waals surface area contributed by atoms with Crippen LogP contribution in [0.4, 0.5) is 4.39 Å². The Morgan fingerprint density at radius 3 is 2.44 bits per heavy atom. The number of rotatable bonds is 5. The molecule has 3 N–H and O–H groups in total. The number of aliphatic hydroxyl groups is 3. The summed E-state index contributed by atoms with van der Waals surface area (Å²) in [6, 6.07) is 12.4. The Hall–Kier alpha value is -1.99. The van der Waals surface area contributed by atoms with E-state index in [-0.39, 0.29) is 24.6 Å². The summed E-state index contributed by atoms with van der Waals surface area (Å²) in [6.45, 7) is -0.131. The van der Waals surface area contributed by atoms with Crippen molar-refractivity contribution < 1.29 is 29.2 Å². The Morgan fingerprint density at radius 2 is 1.81 bits per heavy atom. The van der Waals surface area contributed by atoms with Gasteiger partial charge in [0.15, 0.2) is 0 Å². The first-order valence-electron chi connectivity index (χ1n) is 8.89. The second-order valence-corrected chi connectivity index (χ2v) is 6.43. The van der Waals surface area contributed by atoms with Crippen LogP contribution in [0.25, 0.3) is 0 Å². The molecule has 0 saturated carbocycles. The van der Waals surface area contributed by atoms with E-state index in [0.29, 0.717) is 24.8 Å². The molecule has 148 valence electrons. The topological polar surface area (TPSA) is 79.2 Å². The maximum atomic E-state index is 14.2. The molecule has 1 aliphatic heterocycles. The molecule has 2 aromatic rings. The van der Waals surface area contributed by atoms with Gasteiger partial charge in [-0.1, -0.05) is 18.2 Å². The molecule has 3 unspecified atom stereocenters. The van der Waals surface area contributed by atoms with Crippen LogP contribution in [0.15, 0.2) is 42.5 Å². The van der Waals surface area contributed by atoms with Crippen molar-refractivity contribution >= 4 is 0 Å². The molecule has 1 saturated heterocycles. The van der Waals surface area contributed by atoms with Gasteiger partial charge in [0.2, 0.25) is 0 Å². The molecular weight excluding hydrogens is 351 g/mol. The number of halogens is 1. The Balaban J connectivity index is 0.00000126. The Bertz CT molecular complexity index is 704. The van der Waals surface area contributed by atoms with E-state index >= 15 is 0 Å². The van der Waals surface area contributed by atoms with Gasteiger partial charge in [-0.3, -0.25) is 0 Å². The van der Waals surface area contributed by atoms with E-state index in [0.717, 1.165) is 24.0 Å². The molecule has 0 amide bonds. The molecule has 0 aliphatic carbocycles. The SMILES string of the molecule is CO.COc1ccc(Cc2cc(C3CC(O)CC(CO)O3)ccc2F)cc1. The summed E-state index contributed by atoms with van der Waals surface area (Å²) >= 11 is 0. The molecule has 0 aromatic heterocycles. The lowest BCUT2D eigenvalue weighted by Crippen LogP contribution is -2.33. The predicted molar refractivity (Wildman–Crippen MR) is 100 cm³/mol. The normalized spacial score (nSPS) is 21.9. The number of hydrogen-bond acceptors (Lipinski definition) is 5.